The summed E-state index contributed by atoms with van der Waals surface area (Å²) in [5.74, 6) is -0.514. The van der Waals surface area contributed by atoms with Gasteiger partial charge in [0.05, 0.1) is 52.2 Å². The number of ether oxygens (including phenoxy) is 2. The number of hydrogen-bond donors (Lipinski definition) is 2. The second-order valence-corrected chi connectivity index (χ2v) is 20.7. The maximum atomic E-state index is 14.2. The number of esters is 1. The quantitative estimate of drug-likeness (QED) is 0.208. The van der Waals surface area contributed by atoms with Gasteiger partial charge in [0.25, 0.3) is 5.91 Å². The molecule has 4 aromatic rings. The Morgan fingerprint density at radius 2 is 1.92 bits per heavy atom. The molecule has 13 nitrogen and oxygen atoms in total. The van der Waals surface area contributed by atoms with Crippen molar-refractivity contribution in [3.05, 3.63) is 51.6 Å². The van der Waals surface area contributed by atoms with E-state index in [9.17, 15) is 14.4 Å². The molecule has 10 rings (SSSR count). The Labute approximate surface area is 368 Å². The van der Waals surface area contributed by atoms with Crippen LogP contribution in [0.5, 0.6) is 0 Å². The van der Waals surface area contributed by atoms with Crippen LogP contribution in [0.3, 0.4) is 0 Å². The van der Waals surface area contributed by atoms with E-state index in [1.165, 1.54) is 69.9 Å². The van der Waals surface area contributed by atoms with Crippen LogP contribution in [0.2, 0.25) is 0 Å². The monoisotopic (exact) mass is 862 g/mol. The SMILES string of the molecule is CO[C@@H](C)c1ncc(N2CCN3CCCC[C@@H]3C2)cc1-c1c2c3cc(cc4c3n1CCC4)-c1csc(n1)C[C@H](NC(=O)[C@H]1C[C@@H]1C)C(=O)N1CCC[C@H](N1)C(=O)OCC(C)(C)C2. The molecule has 3 saturated heterocycles. The van der Waals surface area contributed by atoms with Gasteiger partial charge < -0.3 is 24.3 Å². The lowest BCUT2D eigenvalue weighted by molar-refractivity contribution is -0.155. The number of methoxy groups -OCH3 is 1. The highest BCUT2D eigenvalue weighted by molar-refractivity contribution is 7.10. The van der Waals surface area contributed by atoms with Crippen molar-refractivity contribution in [2.45, 2.75) is 123 Å². The van der Waals surface area contributed by atoms with Gasteiger partial charge >= 0.3 is 5.97 Å². The van der Waals surface area contributed by atoms with Crippen molar-refractivity contribution in [1.82, 2.24) is 35.2 Å². The van der Waals surface area contributed by atoms with Crippen molar-refractivity contribution in [2.24, 2.45) is 17.3 Å². The normalized spacial score (nSPS) is 27.0. The fraction of sp³-hybridized carbons (Fsp3) is 0.604. The Hall–Kier alpha value is -4.37. The predicted molar refractivity (Wildman–Crippen MR) is 241 cm³/mol. The van der Waals surface area contributed by atoms with Crippen molar-refractivity contribution >= 4 is 45.7 Å². The number of piperidine rings is 1. The summed E-state index contributed by atoms with van der Waals surface area (Å²) in [6.45, 7) is 14.3. The third-order valence-electron chi connectivity index (χ3n) is 14.6. The summed E-state index contributed by atoms with van der Waals surface area (Å²) < 4.78 is 14.8. The van der Waals surface area contributed by atoms with Crippen LogP contribution in [0.1, 0.15) is 101 Å². The number of carbonyl (C=O) groups excluding carboxylic acids is 3. The van der Waals surface area contributed by atoms with Gasteiger partial charge in [-0.15, -0.1) is 11.3 Å². The molecule has 3 aromatic heterocycles. The Morgan fingerprint density at radius 3 is 2.74 bits per heavy atom. The molecule has 1 aromatic carbocycles. The van der Waals surface area contributed by atoms with E-state index in [0.717, 1.165) is 78.7 Å². The lowest BCUT2D eigenvalue weighted by Gasteiger charge is -2.45. The van der Waals surface area contributed by atoms with Gasteiger partial charge in [0.1, 0.15) is 12.1 Å². The molecule has 5 aliphatic heterocycles. The van der Waals surface area contributed by atoms with E-state index in [-0.39, 0.29) is 42.8 Å². The highest BCUT2D eigenvalue weighted by Gasteiger charge is 2.42. The Morgan fingerprint density at radius 1 is 1.06 bits per heavy atom. The number of nitrogens with one attached hydrogen (secondary N) is 2. The average Bonchev–Trinajstić information content (AvgIpc) is 3.71. The van der Waals surface area contributed by atoms with Gasteiger partial charge in [0, 0.05) is 85.5 Å². The fourth-order valence-electron chi connectivity index (χ4n) is 10.9. The molecule has 4 fully saturated rings. The zero-order valence-electron chi connectivity index (χ0n) is 37.0. The minimum atomic E-state index is -0.819. The summed E-state index contributed by atoms with van der Waals surface area (Å²) in [6, 6.07) is 6.07. The Bertz CT molecular complexity index is 2390. The van der Waals surface area contributed by atoms with Crippen molar-refractivity contribution in [3.8, 4) is 22.5 Å². The first kappa shape index (κ1) is 41.6. The molecule has 6 bridgehead atoms. The fourth-order valence-corrected chi connectivity index (χ4v) is 11.7. The first-order valence-electron chi connectivity index (χ1n) is 23.1. The molecule has 6 atom stereocenters. The molecule has 330 valence electrons. The largest absolute Gasteiger partial charge is 0.464 e. The van der Waals surface area contributed by atoms with Crippen molar-refractivity contribution in [2.75, 3.05) is 51.3 Å². The molecule has 0 spiro atoms. The number of pyridine rings is 1. The van der Waals surface area contributed by atoms with Crippen LogP contribution in [0.25, 0.3) is 33.4 Å². The van der Waals surface area contributed by atoms with Crippen LogP contribution in [-0.2, 0) is 49.7 Å². The molecular formula is C48H62N8O5S. The lowest BCUT2D eigenvalue weighted by atomic mass is 9.84. The molecule has 0 radical (unpaired) electrons. The van der Waals surface area contributed by atoms with Crippen molar-refractivity contribution in [1.29, 1.82) is 0 Å². The number of aromatic nitrogens is 3. The van der Waals surface area contributed by atoms with E-state index in [4.69, 9.17) is 19.4 Å². The van der Waals surface area contributed by atoms with E-state index in [1.54, 1.807) is 7.11 Å². The van der Waals surface area contributed by atoms with Crippen LogP contribution in [0.15, 0.2) is 29.8 Å². The third-order valence-corrected chi connectivity index (χ3v) is 15.4. The second-order valence-electron chi connectivity index (χ2n) is 19.7. The number of aryl methyl sites for hydroxylation is 2. The first-order valence-corrected chi connectivity index (χ1v) is 24.0. The van der Waals surface area contributed by atoms with Gasteiger partial charge in [0.2, 0.25) is 5.91 Å². The number of carbonyl (C=O) groups is 3. The van der Waals surface area contributed by atoms with Crippen LogP contribution in [-0.4, -0.2) is 107 Å². The van der Waals surface area contributed by atoms with Crippen LogP contribution < -0.4 is 15.6 Å². The maximum Gasteiger partial charge on any atom is 0.324 e. The number of benzene rings is 1. The number of hydrazine groups is 1. The van der Waals surface area contributed by atoms with Gasteiger partial charge in [-0.05, 0) is 100 Å². The number of cyclic esters (lactones) is 1. The molecule has 6 aliphatic rings. The van der Waals surface area contributed by atoms with Crippen LogP contribution in [0.4, 0.5) is 5.69 Å². The summed E-state index contributed by atoms with van der Waals surface area (Å²) in [5.41, 5.74) is 12.7. The minimum absolute atomic E-state index is 0.0856. The number of nitrogens with zero attached hydrogens (tertiary/aromatic N) is 6. The summed E-state index contributed by atoms with van der Waals surface area (Å²) >= 11 is 1.52. The summed E-state index contributed by atoms with van der Waals surface area (Å²) in [5, 5.41) is 8.66. The zero-order chi connectivity index (χ0) is 42.9. The van der Waals surface area contributed by atoms with E-state index < -0.39 is 17.5 Å². The lowest BCUT2D eigenvalue weighted by Crippen LogP contribution is -2.60. The highest BCUT2D eigenvalue weighted by Crippen LogP contribution is 2.46. The molecule has 2 N–H and O–H groups in total. The van der Waals surface area contributed by atoms with Gasteiger partial charge in [-0.2, -0.15) is 0 Å². The zero-order valence-corrected chi connectivity index (χ0v) is 37.8. The van der Waals surface area contributed by atoms with Crippen LogP contribution in [0, 0.1) is 17.3 Å². The second kappa shape index (κ2) is 16.6. The number of hydrogen-bond acceptors (Lipinski definition) is 11. The van der Waals surface area contributed by atoms with E-state index in [1.807, 2.05) is 0 Å². The number of rotatable bonds is 6. The summed E-state index contributed by atoms with van der Waals surface area (Å²) in [4.78, 5) is 57.1. The van der Waals surface area contributed by atoms with Gasteiger partial charge in [0.15, 0.2) is 0 Å². The van der Waals surface area contributed by atoms with Gasteiger partial charge in [-0.1, -0.05) is 27.2 Å². The van der Waals surface area contributed by atoms with E-state index in [0.29, 0.717) is 37.8 Å². The van der Waals surface area contributed by atoms with Crippen LogP contribution >= 0.6 is 11.3 Å². The number of thiazole rings is 1. The number of anilines is 1. The number of piperazine rings is 1. The smallest absolute Gasteiger partial charge is 0.324 e. The molecule has 62 heavy (non-hydrogen) atoms. The van der Waals surface area contributed by atoms with Crippen molar-refractivity contribution < 1.29 is 23.9 Å². The standard InChI is InChI=1S/C48H62N8O5S/c1-28-18-34(28)45(57)51-39-22-41-50-40(26-62-41)31-19-30-10-8-14-55-43(30)35(20-31)37(23-48(3,4)27-61-47(59)38-12-9-15-56(52-38)46(39)58)44(55)36-21-33(24-49-42(36)29(2)60-5)54-17-16-53-13-7-6-11-32(53)25-54/h19-21,24,26,28-29,32,34,38-39,52H,6-18,22-23,25,27H2,1-5H3,(H,51,57)/t28-,29-,32+,34-,38-,39-/m0/s1. The van der Waals surface area contributed by atoms with E-state index in [2.05, 4.69) is 82.6 Å². The molecule has 0 unspecified atom stereocenters. The summed E-state index contributed by atoms with van der Waals surface area (Å²) in [7, 11) is 1.76. The topological polar surface area (TPSA) is 134 Å². The molecule has 1 saturated carbocycles. The first-order chi connectivity index (χ1) is 29.9. The summed E-state index contributed by atoms with van der Waals surface area (Å²) in [6.07, 6.45) is 10.5. The Balaban J connectivity index is 1.11. The average molecular weight is 863 g/mol. The van der Waals surface area contributed by atoms with Gasteiger partial charge in [-0.3, -0.25) is 29.3 Å². The van der Waals surface area contributed by atoms with Crippen molar-refractivity contribution in [3.63, 3.8) is 0 Å². The highest BCUT2D eigenvalue weighted by atomic mass is 32.1. The number of fused-ring (bicyclic) bond motifs is 7. The molecule has 1 aliphatic carbocycles. The molecule has 14 heteroatoms. The molecule has 8 heterocycles. The molecule has 2 amide bonds. The minimum Gasteiger partial charge on any atom is -0.464 e. The maximum absolute atomic E-state index is 14.2. The Kier molecular flexibility index (Phi) is 11.2. The number of amides is 2. The predicted octanol–water partition coefficient (Wildman–Crippen LogP) is 6.46. The van der Waals surface area contributed by atoms with E-state index >= 15 is 0 Å². The third kappa shape index (κ3) is 7.94. The van der Waals surface area contributed by atoms with Gasteiger partial charge in [-0.25, -0.2) is 10.4 Å². The molecular weight excluding hydrogens is 801 g/mol.